The first-order valence-electron chi connectivity index (χ1n) is 3.76. The lowest BCUT2D eigenvalue weighted by molar-refractivity contribution is 0.451. The average molecular weight is 319 g/mol. The van der Waals surface area contributed by atoms with E-state index in [-0.39, 0.29) is 0 Å². The summed E-state index contributed by atoms with van der Waals surface area (Å²) in [6.07, 6.45) is 0.515. The highest BCUT2D eigenvalue weighted by atomic mass is 32.2. The van der Waals surface area contributed by atoms with Gasteiger partial charge in [0.1, 0.15) is 4.90 Å². The van der Waals surface area contributed by atoms with Gasteiger partial charge in [0.2, 0.25) is 5.03 Å². The minimum Gasteiger partial charge on any atom is -0.282 e. The summed E-state index contributed by atoms with van der Waals surface area (Å²) >= 11 is 0. The van der Waals surface area contributed by atoms with E-state index in [0.717, 1.165) is 0 Å². The van der Waals surface area contributed by atoms with Crippen molar-refractivity contribution < 1.29 is 38.9 Å². The zero-order chi connectivity index (χ0) is 14.4. The Morgan fingerprint density at radius 2 is 1.33 bits per heavy atom. The minimum absolute atomic E-state index is 0.438. The molecule has 0 atom stereocenters. The first-order valence-corrected chi connectivity index (χ1v) is 8.08. The Morgan fingerprint density at radius 1 is 0.833 bits per heavy atom. The molecule has 0 bridgehead atoms. The predicted molar refractivity (Wildman–Crippen MR) is 53.7 cm³/mol. The second-order valence-electron chi connectivity index (χ2n) is 2.87. The lowest BCUT2D eigenvalue weighted by Gasteiger charge is -2.07. The minimum atomic E-state index is -5.37. The Labute approximate surface area is 102 Å². The van der Waals surface area contributed by atoms with Crippen LogP contribution in [0.2, 0.25) is 0 Å². The van der Waals surface area contributed by atoms with Crippen LogP contribution in [0.5, 0.6) is 0 Å². The van der Waals surface area contributed by atoms with Crippen LogP contribution in [0.15, 0.2) is 27.1 Å². The highest BCUT2D eigenvalue weighted by Gasteiger charge is 2.33. The number of nitrogens with zero attached hydrogens (tertiary/aromatic N) is 1. The molecule has 10 nitrogen and oxygen atoms in total. The van der Waals surface area contributed by atoms with Crippen molar-refractivity contribution >= 4 is 30.4 Å². The molecular formula is C5H5NO9S3. The fourth-order valence-electron chi connectivity index (χ4n) is 1.04. The molecule has 0 fully saturated rings. The molecule has 1 aromatic rings. The Balaban J connectivity index is 4.04. The molecule has 0 saturated heterocycles. The van der Waals surface area contributed by atoms with Gasteiger partial charge in [-0.1, -0.05) is 0 Å². The molecule has 0 unspecified atom stereocenters. The predicted octanol–water partition coefficient (Wildman–Crippen LogP) is -1.18. The van der Waals surface area contributed by atoms with Crippen molar-refractivity contribution in [3.8, 4) is 0 Å². The molecule has 1 aromatic heterocycles. The molecule has 0 aromatic carbocycles. The second-order valence-corrected chi connectivity index (χ2v) is 6.95. The first kappa shape index (κ1) is 14.9. The Morgan fingerprint density at radius 3 is 1.67 bits per heavy atom. The van der Waals surface area contributed by atoms with Crippen molar-refractivity contribution in [1.29, 1.82) is 0 Å². The van der Waals surface area contributed by atoms with Gasteiger partial charge in [-0.25, -0.2) is 4.98 Å². The molecule has 102 valence electrons. The fourth-order valence-corrected chi connectivity index (χ4v) is 4.06. The highest BCUT2D eigenvalue weighted by Crippen LogP contribution is 2.25. The van der Waals surface area contributed by atoms with Crippen molar-refractivity contribution in [2.24, 2.45) is 0 Å². The van der Waals surface area contributed by atoms with E-state index < -0.39 is 45.2 Å². The van der Waals surface area contributed by atoms with Crippen LogP contribution < -0.4 is 0 Å². The van der Waals surface area contributed by atoms with E-state index in [1.165, 1.54) is 0 Å². The number of rotatable bonds is 3. The van der Waals surface area contributed by atoms with Crippen molar-refractivity contribution in [2.75, 3.05) is 0 Å². The Kier molecular flexibility index (Phi) is 3.50. The summed E-state index contributed by atoms with van der Waals surface area (Å²) in [6.45, 7) is 0. The molecule has 0 spiro atoms. The van der Waals surface area contributed by atoms with Gasteiger partial charge in [0.05, 0.1) is 0 Å². The smallest absolute Gasteiger partial charge is 0.282 e. The van der Waals surface area contributed by atoms with Crippen molar-refractivity contribution in [2.45, 2.75) is 14.8 Å². The third-order valence-electron chi connectivity index (χ3n) is 1.62. The molecule has 1 heterocycles. The van der Waals surface area contributed by atoms with Gasteiger partial charge in [0.25, 0.3) is 20.2 Å². The van der Waals surface area contributed by atoms with Crippen LogP contribution in [0, 0.1) is 0 Å². The van der Waals surface area contributed by atoms with E-state index in [2.05, 4.69) is 4.98 Å². The van der Waals surface area contributed by atoms with Crippen LogP contribution in [-0.2, 0) is 30.4 Å². The van der Waals surface area contributed by atoms with Crippen LogP contribution in [0.4, 0.5) is 0 Å². The maximum absolute atomic E-state index is 10.9. The van der Waals surface area contributed by atoms with Gasteiger partial charge >= 0.3 is 10.1 Å². The van der Waals surface area contributed by atoms with E-state index in [9.17, 15) is 25.3 Å². The van der Waals surface area contributed by atoms with Crippen LogP contribution in [0.25, 0.3) is 0 Å². The molecule has 18 heavy (non-hydrogen) atoms. The second kappa shape index (κ2) is 4.22. The molecule has 13 heteroatoms. The lowest BCUT2D eigenvalue weighted by atomic mass is 10.5. The quantitative estimate of drug-likeness (QED) is 0.574. The zero-order valence-corrected chi connectivity index (χ0v) is 10.6. The van der Waals surface area contributed by atoms with Gasteiger partial charge in [-0.3, -0.25) is 13.7 Å². The summed E-state index contributed by atoms with van der Waals surface area (Å²) in [4.78, 5) is -0.212. The van der Waals surface area contributed by atoms with Crippen molar-refractivity contribution in [3.05, 3.63) is 12.3 Å². The SMILES string of the molecule is O=S(=O)(O)c1ccnc(S(=O)(=O)O)c1S(=O)(=O)O. The molecule has 1 rings (SSSR count). The normalized spacial score (nSPS) is 13.5. The average Bonchev–Trinajstić information content (AvgIpc) is 2.12. The summed E-state index contributed by atoms with van der Waals surface area (Å²) in [7, 11) is -15.8. The van der Waals surface area contributed by atoms with Crippen LogP contribution in [-0.4, -0.2) is 43.9 Å². The van der Waals surface area contributed by atoms with Crippen LogP contribution in [0.3, 0.4) is 0 Å². The van der Waals surface area contributed by atoms with Gasteiger partial charge in [-0.05, 0) is 6.07 Å². The number of pyridine rings is 1. The van der Waals surface area contributed by atoms with E-state index >= 15 is 0 Å². The molecule has 0 radical (unpaired) electrons. The van der Waals surface area contributed by atoms with Crippen molar-refractivity contribution in [3.63, 3.8) is 0 Å². The van der Waals surface area contributed by atoms with Crippen molar-refractivity contribution in [1.82, 2.24) is 4.98 Å². The highest BCUT2D eigenvalue weighted by molar-refractivity contribution is 7.90. The number of hydrogen-bond donors (Lipinski definition) is 3. The van der Waals surface area contributed by atoms with Gasteiger partial charge < -0.3 is 0 Å². The molecule has 0 amide bonds. The molecule has 0 aliphatic heterocycles. The largest absolute Gasteiger partial charge is 0.313 e. The van der Waals surface area contributed by atoms with E-state index in [1.807, 2.05) is 0 Å². The molecule has 0 saturated carbocycles. The standard InChI is InChI=1S/C5H5NO9S3/c7-16(8,9)3-1-2-6-5(18(13,14)15)4(3)17(10,11)12/h1-2H,(H,7,8,9)(H,10,11,12)(H,13,14,15). The summed E-state index contributed by atoms with van der Waals surface area (Å²) < 4.78 is 91.4. The summed E-state index contributed by atoms with van der Waals surface area (Å²) in [5.41, 5.74) is 0. The van der Waals surface area contributed by atoms with Crippen LogP contribution >= 0.6 is 0 Å². The molecule has 0 aliphatic carbocycles. The fraction of sp³-hybridized carbons (Fsp3) is 0. The van der Waals surface area contributed by atoms with E-state index in [1.54, 1.807) is 0 Å². The summed E-state index contributed by atoms with van der Waals surface area (Å²) in [6, 6.07) is 0.438. The summed E-state index contributed by atoms with van der Waals surface area (Å²) in [5.74, 6) is 0. The maximum atomic E-state index is 10.9. The lowest BCUT2D eigenvalue weighted by Crippen LogP contribution is -2.15. The van der Waals surface area contributed by atoms with Gasteiger partial charge in [-0.2, -0.15) is 25.3 Å². The molecular weight excluding hydrogens is 314 g/mol. The Hall–Kier alpha value is -1.12. The van der Waals surface area contributed by atoms with Gasteiger partial charge in [0, 0.05) is 6.20 Å². The van der Waals surface area contributed by atoms with Gasteiger partial charge in [-0.15, -0.1) is 0 Å². The third kappa shape index (κ3) is 3.01. The van der Waals surface area contributed by atoms with E-state index in [4.69, 9.17) is 13.7 Å². The van der Waals surface area contributed by atoms with Crippen LogP contribution in [0.1, 0.15) is 0 Å². The van der Waals surface area contributed by atoms with E-state index in [0.29, 0.717) is 12.3 Å². The van der Waals surface area contributed by atoms with Gasteiger partial charge in [0.15, 0.2) is 4.90 Å². The number of hydrogen-bond acceptors (Lipinski definition) is 7. The molecule has 3 N–H and O–H groups in total. The molecule has 0 aliphatic rings. The Bertz CT molecular complexity index is 738. The maximum Gasteiger partial charge on any atom is 0.313 e. The topological polar surface area (TPSA) is 176 Å². The zero-order valence-electron chi connectivity index (χ0n) is 8.12. The number of aromatic nitrogens is 1. The first-order chi connectivity index (χ1) is 7.85. The monoisotopic (exact) mass is 319 g/mol. The summed E-state index contributed by atoms with van der Waals surface area (Å²) in [5, 5.41) is -1.61. The third-order valence-corrected chi connectivity index (χ3v) is 4.50.